The first-order chi connectivity index (χ1) is 14.8. The summed E-state index contributed by atoms with van der Waals surface area (Å²) in [5.41, 5.74) is 1.37. The molecule has 0 aromatic carbocycles. The number of rotatable bonds is 4. The summed E-state index contributed by atoms with van der Waals surface area (Å²) >= 11 is 0. The molecule has 0 aliphatic heterocycles. The molecule has 2 aromatic rings. The average molecular weight is 432 g/mol. The van der Waals surface area contributed by atoms with E-state index in [-0.39, 0.29) is 35.8 Å². The first kappa shape index (κ1) is 21.9. The normalized spacial score (nSPS) is 26.6. The molecule has 2 N–H and O–H groups in total. The van der Waals surface area contributed by atoms with Crippen LogP contribution in [0.5, 0.6) is 0 Å². The number of nitrogens with zero attached hydrogens (tertiary/aromatic N) is 1. The van der Waals surface area contributed by atoms with Gasteiger partial charge in [0.1, 0.15) is 5.69 Å². The summed E-state index contributed by atoms with van der Waals surface area (Å²) in [6.07, 6.45) is 6.73. The van der Waals surface area contributed by atoms with Gasteiger partial charge in [0, 0.05) is 43.8 Å². The Morgan fingerprint density at radius 2 is 2.00 bits per heavy atom. The Morgan fingerprint density at radius 1 is 1.26 bits per heavy atom. The molecule has 4 rings (SSSR count). The van der Waals surface area contributed by atoms with Gasteiger partial charge in [-0.3, -0.25) is 14.6 Å². The van der Waals surface area contributed by atoms with Gasteiger partial charge >= 0.3 is 0 Å². The van der Waals surface area contributed by atoms with E-state index in [0.29, 0.717) is 35.6 Å². The van der Waals surface area contributed by atoms with E-state index in [0.717, 1.165) is 31.4 Å². The molecule has 0 saturated heterocycles. The fourth-order valence-electron chi connectivity index (χ4n) is 5.78. The third kappa shape index (κ3) is 4.37. The molecule has 0 radical (unpaired) electrons. The number of alkyl halides is 2. The van der Waals surface area contributed by atoms with Crippen molar-refractivity contribution in [2.75, 3.05) is 7.05 Å². The van der Waals surface area contributed by atoms with Crippen molar-refractivity contribution in [3.8, 4) is 0 Å². The molecule has 2 aliphatic rings. The lowest BCUT2D eigenvalue weighted by Gasteiger charge is -2.42. The van der Waals surface area contributed by atoms with E-state index in [1.165, 1.54) is 13.2 Å². The van der Waals surface area contributed by atoms with Crippen LogP contribution >= 0.6 is 0 Å². The highest BCUT2D eigenvalue weighted by Gasteiger charge is 2.42. The van der Waals surface area contributed by atoms with E-state index in [1.807, 2.05) is 0 Å². The van der Waals surface area contributed by atoms with Crippen LogP contribution in [0.3, 0.4) is 0 Å². The van der Waals surface area contributed by atoms with Gasteiger partial charge in [-0.05, 0) is 49.5 Å². The number of aromatic amines is 1. The Hall–Kier alpha value is -2.31. The number of aromatic nitrogens is 2. The van der Waals surface area contributed by atoms with Crippen LogP contribution in [0, 0.1) is 17.8 Å². The summed E-state index contributed by atoms with van der Waals surface area (Å²) in [5.74, 6) is -1.65. The molecule has 5 nitrogen and oxygen atoms in total. The summed E-state index contributed by atoms with van der Waals surface area (Å²) in [7, 11) is 1.51. The highest BCUT2D eigenvalue weighted by molar-refractivity contribution is 6.04. The number of halogens is 2. The molecule has 2 aliphatic carbocycles. The zero-order valence-electron chi connectivity index (χ0n) is 18.2. The molecule has 0 spiro atoms. The van der Waals surface area contributed by atoms with Gasteiger partial charge in [-0.1, -0.05) is 19.8 Å². The van der Waals surface area contributed by atoms with Crippen molar-refractivity contribution >= 4 is 16.8 Å². The molecular weight excluding hydrogens is 400 g/mol. The van der Waals surface area contributed by atoms with Crippen LogP contribution in [0.25, 0.3) is 10.9 Å². The van der Waals surface area contributed by atoms with E-state index in [4.69, 9.17) is 0 Å². The Balaban J connectivity index is 1.72. The van der Waals surface area contributed by atoms with Crippen molar-refractivity contribution in [1.82, 2.24) is 15.3 Å². The predicted octanol–water partition coefficient (Wildman–Crippen LogP) is 5.02. The Bertz CT molecular complexity index is 1010. The second-order valence-electron chi connectivity index (χ2n) is 9.30. The maximum atomic E-state index is 13.8. The number of nitrogens with one attached hydrogen (secondary N) is 2. The first-order valence-corrected chi connectivity index (χ1v) is 11.4. The lowest BCUT2D eigenvalue weighted by atomic mass is 9.64. The largest absolute Gasteiger partial charge is 0.358 e. The van der Waals surface area contributed by atoms with E-state index in [1.54, 1.807) is 12.1 Å². The van der Waals surface area contributed by atoms with Gasteiger partial charge in [0.15, 0.2) is 5.43 Å². The molecule has 168 valence electrons. The predicted molar refractivity (Wildman–Crippen MR) is 117 cm³/mol. The van der Waals surface area contributed by atoms with Crippen molar-refractivity contribution in [2.24, 2.45) is 17.8 Å². The number of pyridine rings is 2. The summed E-state index contributed by atoms with van der Waals surface area (Å²) in [6.45, 7) is 2.19. The van der Waals surface area contributed by atoms with Crippen molar-refractivity contribution in [3.05, 3.63) is 39.9 Å². The van der Waals surface area contributed by atoms with Crippen LogP contribution in [0.2, 0.25) is 0 Å². The average Bonchev–Trinajstić information content (AvgIpc) is 2.77. The topological polar surface area (TPSA) is 74.8 Å². The van der Waals surface area contributed by atoms with Gasteiger partial charge in [-0.15, -0.1) is 0 Å². The second-order valence-corrected chi connectivity index (χ2v) is 9.30. The molecule has 0 bridgehead atoms. The SMILES string of the molecule is CC[C@@H]1CC[C@@H](C2CCC(F)(F)CC2)[C@H](c2cc(=O)c3c(C(=O)NC)nccc3[nH]2)C1. The van der Waals surface area contributed by atoms with Crippen molar-refractivity contribution in [2.45, 2.75) is 70.1 Å². The van der Waals surface area contributed by atoms with E-state index in [9.17, 15) is 18.4 Å². The number of fused-ring (bicyclic) bond motifs is 1. The van der Waals surface area contributed by atoms with Crippen LogP contribution in [-0.4, -0.2) is 28.8 Å². The molecular formula is C24H31F2N3O2. The standard InChI is InChI=1S/C24H31F2N3O2/c1-3-14-4-5-16(15-6-9-24(25,26)10-7-15)17(12-14)19-13-20(30)21-18(29-19)8-11-28-22(21)23(31)27-2/h8,11,13-17H,3-7,9-10,12H2,1-2H3,(H,27,31)(H,29,30)/t14-,16+,17-/m1/s1. The van der Waals surface area contributed by atoms with E-state index in [2.05, 4.69) is 22.2 Å². The Kier molecular flexibility index (Phi) is 6.13. The van der Waals surface area contributed by atoms with Crippen molar-refractivity contribution < 1.29 is 13.6 Å². The summed E-state index contributed by atoms with van der Waals surface area (Å²) in [5, 5.41) is 2.83. The number of amides is 1. The molecule has 7 heteroatoms. The highest BCUT2D eigenvalue weighted by Crippen LogP contribution is 2.50. The second kappa shape index (κ2) is 8.67. The van der Waals surface area contributed by atoms with E-state index < -0.39 is 11.8 Å². The molecule has 3 atom stereocenters. The van der Waals surface area contributed by atoms with Gasteiger partial charge in [-0.2, -0.15) is 0 Å². The number of carbonyl (C=O) groups excluding carboxylic acids is 1. The monoisotopic (exact) mass is 431 g/mol. The molecule has 31 heavy (non-hydrogen) atoms. The zero-order chi connectivity index (χ0) is 22.2. The van der Waals surface area contributed by atoms with Crippen LogP contribution in [0.1, 0.15) is 80.4 Å². The zero-order valence-corrected chi connectivity index (χ0v) is 18.2. The van der Waals surface area contributed by atoms with Crippen molar-refractivity contribution in [1.29, 1.82) is 0 Å². The van der Waals surface area contributed by atoms with Crippen LogP contribution in [0.15, 0.2) is 23.1 Å². The fraction of sp³-hybridized carbons (Fsp3) is 0.625. The Labute approximate surface area is 181 Å². The Morgan fingerprint density at radius 3 is 2.68 bits per heavy atom. The summed E-state index contributed by atoms with van der Waals surface area (Å²) in [6, 6.07) is 3.34. The lowest BCUT2D eigenvalue weighted by Crippen LogP contribution is -2.35. The summed E-state index contributed by atoms with van der Waals surface area (Å²) < 4.78 is 27.5. The van der Waals surface area contributed by atoms with Gasteiger partial charge in [0.05, 0.1) is 10.9 Å². The van der Waals surface area contributed by atoms with Crippen LogP contribution < -0.4 is 10.7 Å². The van der Waals surface area contributed by atoms with Gasteiger partial charge in [0.2, 0.25) is 5.92 Å². The number of H-pyrrole nitrogens is 1. The van der Waals surface area contributed by atoms with E-state index >= 15 is 0 Å². The molecule has 2 fully saturated rings. The third-order valence-electron chi connectivity index (χ3n) is 7.56. The molecule has 2 aromatic heterocycles. The fourth-order valence-corrected chi connectivity index (χ4v) is 5.78. The molecule has 2 heterocycles. The van der Waals surface area contributed by atoms with Gasteiger partial charge < -0.3 is 10.3 Å². The van der Waals surface area contributed by atoms with Gasteiger partial charge in [-0.25, -0.2) is 8.78 Å². The summed E-state index contributed by atoms with van der Waals surface area (Å²) in [4.78, 5) is 32.8. The van der Waals surface area contributed by atoms with Crippen LogP contribution in [-0.2, 0) is 0 Å². The number of carbonyl (C=O) groups is 1. The number of hydrogen-bond acceptors (Lipinski definition) is 3. The third-order valence-corrected chi connectivity index (χ3v) is 7.56. The first-order valence-electron chi connectivity index (χ1n) is 11.4. The minimum atomic E-state index is -2.53. The van der Waals surface area contributed by atoms with Crippen molar-refractivity contribution in [3.63, 3.8) is 0 Å². The van der Waals surface area contributed by atoms with Crippen LogP contribution in [0.4, 0.5) is 8.78 Å². The maximum Gasteiger partial charge on any atom is 0.270 e. The minimum Gasteiger partial charge on any atom is -0.358 e. The lowest BCUT2D eigenvalue weighted by molar-refractivity contribution is -0.0568. The molecule has 0 unspecified atom stereocenters. The maximum absolute atomic E-state index is 13.8. The smallest absolute Gasteiger partial charge is 0.270 e. The highest BCUT2D eigenvalue weighted by atomic mass is 19.3. The molecule has 2 saturated carbocycles. The van der Waals surface area contributed by atoms with Gasteiger partial charge in [0.25, 0.3) is 5.91 Å². The minimum absolute atomic E-state index is 0.0342. The number of hydrogen-bond donors (Lipinski definition) is 2. The quantitative estimate of drug-likeness (QED) is 0.714. The molecule has 1 amide bonds.